The summed E-state index contributed by atoms with van der Waals surface area (Å²) in [5.74, 6) is 0.784. The van der Waals surface area contributed by atoms with Crippen LogP contribution in [0, 0.1) is 0 Å². The normalized spacial score (nSPS) is 19.2. The Balaban J connectivity index is 1.75. The van der Waals surface area contributed by atoms with Gasteiger partial charge in [-0.05, 0) is 63.0 Å². The standard InChI is InChI=1S/C18H28O/c1-18(2,19)14-7-3-4-9-15-11-8-12-16-10-5-6-13-17(15)16/h5-6,10,13,15,19H,3-4,7-9,11-12,14H2,1-2H3. The Morgan fingerprint density at radius 3 is 2.74 bits per heavy atom. The highest BCUT2D eigenvalue weighted by atomic mass is 16.3. The molecule has 1 aliphatic carbocycles. The van der Waals surface area contributed by atoms with E-state index in [1.54, 1.807) is 11.1 Å². The van der Waals surface area contributed by atoms with Gasteiger partial charge >= 0.3 is 0 Å². The van der Waals surface area contributed by atoms with E-state index in [1.807, 2.05) is 13.8 Å². The second-order valence-corrected chi connectivity index (χ2v) is 6.70. The van der Waals surface area contributed by atoms with Crippen LogP contribution in [-0.4, -0.2) is 10.7 Å². The van der Waals surface area contributed by atoms with E-state index in [4.69, 9.17) is 0 Å². The van der Waals surface area contributed by atoms with Crippen LogP contribution in [0.3, 0.4) is 0 Å². The summed E-state index contributed by atoms with van der Waals surface area (Å²) in [7, 11) is 0. The van der Waals surface area contributed by atoms with Crippen LogP contribution < -0.4 is 0 Å². The summed E-state index contributed by atoms with van der Waals surface area (Å²) in [6.45, 7) is 3.81. The van der Waals surface area contributed by atoms with Gasteiger partial charge in [0.05, 0.1) is 5.60 Å². The quantitative estimate of drug-likeness (QED) is 0.726. The molecule has 0 amide bonds. The second-order valence-electron chi connectivity index (χ2n) is 6.70. The van der Waals surface area contributed by atoms with Crippen molar-refractivity contribution >= 4 is 0 Å². The zero-order valence-corrected chi connectivity index (χ0v) is 12.5. The second kappa shape index (κ2) is 6.56. The predicted octanol–water partition coefficient (Wildman–Crippen LogP) is 4.83. The van der Waals surface area contributed by atoms with Crippen LogP contribution in [0.4, 0.5) is 0 Å². The lowest BCUT2D eigenvalue weighted by Gasteiger charge is -2.25. The molecule has 0 aliphatic heterocycles. The number of aryl methyl sites for hydroxylation is 1. The summed E-state index contributed by atoms with van der Waals surface area (Å²) in [6.07, 6.45) is 9.94. The van der Waals surface area contributed by atoms with Gasteiger partial charge in [0.1, 0.15) is 0 Å². The molecule has 0 radical (unpaired) electrons. The van der Waals surface area contributed by atoms with Gasteiger partial charge in [0.15, 0.2) is 0 Å². The van der Waals surface area contributed by atoms with E-state index in [1.165, 1.54) is 38.5 Å². The lowest BCUT2D eigenvalue weighted by molar-refractivity contribution is 0.0680. The van der Waals surface area contributed by atoms with E-state index in [9.17, 15) is 5.11 Å². The molecule has 1 aromatic carbocycles. The minimum atomic E-state index is -0.489. The number of rotatable bonds is 6. The molecule has 1 heteroatoms. The van der Waals surface area contributed by atoms with Crippen molar-refractivity contribution in [1.29, 1.82) is 0 Å². The molecule has 0 bridgehead atoms. The Morgan fingerprint density at radius 2 is 1.95 bits per heavy atom. The molecule has 0 saturated heterocycles. The first-order valence-corrected chi connectivity index (χ1v) is 7.86. The topological polar surface area (TPSA) is 20.2 Å². The highest BCUT2D eigenvalue weighted by Crippen LogP contribution is 2.35. The number of unbranched alkanes of at least 4 members (excludes halogenated alkanes) is 2. The van der Waals surface area contributed by atoms with Gasteiger partial charge in [-0.2, -0.15) is 0 Å². The third kappa shape index (κ3) is 4.65. The van der Waals surface area contributed by atoms with Crippen LogP contribution in [-0.2, 0) is 6.42 Å². The van der Waals surface area contributed by atoms with E-state index in [0.29, 0.717) is 0 Å². The van der Waals surface area contributed by atoms with Crippen molar-refractivity contribution in [3.63, 3.8) is 0 Å². The summed E-state index contributed by atoms with van der Waals surface area (Å²) in [5, 5.41) is 9.70. The first kappa shape index (κ1) is 14.6. The summed E-state index contributed by atoms with van der Waals surface area (Å²) < 4.78 is 0. The number of benzene rings is 1. The number of hydrogen-bond donors (Lipinski definition) is 1. The Morgan fingerprint density at radius 1 is 1.16 bits per heavy atom. The monoisotopic (exact) mass is 260 g/mol. The first-order chi connectivity index (χ1) is 9.06. The number of aliphatic hydroxyl groups is 1. The molecule has 0 spiro atoms. The molecule has 0 heterocycles. The fraction of sp³-hybridized carbons (Fsp3) is 0.667. The Hall–Kier alpha value is -0.820. The Bertz CT molecular complexity index is 389. The van der Waals surface area contributed by atoms with E-state index < -0.39 is 5.60 Å². The van der Waals surface area contributed by atoms with Gasteiger partial charge in [-0.15, -0.1) is 0 Å². The van der Waals surface area contributed by atoms with Crippen molar-refractivity contribution in [1.82, 2.24) is 0 Å². The molecular formula is C18H28O. The molecule has 19 heavy (non-hydrogen) atoms. The van der Waals surface area contributed by atoms with Crippen molar-refractivity contribution in [3.05, 3.63) is 35.4 Å². The largest absolute Gasteiger partial charge is 0.390 e. The van der Waals surface area contributed by atoms with Crippen molar-refractivity contribution in [2.24, 2.45) is 0 Å². The molecule has 1 nitrogen and oxygen atoms in total. The fourth-order valence-electron chi connectivity index (χ4n) is 3.28. The molecule has 1 N–H and O–H groups in total. The molecular weight excluding hydrogens is 232 g/mol. The zero-order valence-electron chi connectivity index (χ0n) is 12.5. The lowest BCUT2D eigenvalue weighted by atomic mass is 9.80. The van der Waals surface area contributed by atoms with Crippen molar-refractivity contribution in [2.75, 3.05) is 0 Å². The van der Waals surface area contributed by atoms with E-state index in [0.717, 1.165) is 18.8 Å². The maximum Gasteiger partial charge on any atom is 0.0591 e. The molecule has 0 aromatic heterocycles. The first-order valence-electron chi connectivity index (χ1n) is 7.86. The summed E-state index contributed by atoms with van der Waals surface area (Å²) in [6, 6.07) is 8.99. The van der Waals surface area contributed by atoms with Crippen molar-refractivity contribution in [2.45, 2.75) is 76.7 Å². The van der Waals surface area contributed by atoms with E-state index in [2.05, 4.69) is 24.3 Å². The summed E-state index contributed by atoms with van der Waals surface area (Å²) in [4.78, 5) is 0. The summed E-state index contributed by atoms with van der Waals surface area (Å²) >= 11 is 0. The average molecular weight is 260 g/mol. The van der Waals surface area contributed by atoms with Crippen LogP contribution in [0.15, 0.2) is 24.3 Å². The smallest absolute Gasteiger partial charge is 0.0591 e. The highest BCUT2D eigenvalue weighted by molar-refractivity contribution is 5.32. The molecule has 1 aliphatic rings. The lowest BCUT2D eigenvalue weighted by Crippen LogP contribution is -2.17. The van der Waals surface area contributed by atoms with Crippen LogP contribution in [0.1, 0.15) is 75.8 Å². The minimum absolute atomic E-state index is 0.489. The third-order valence-corrected chi connectivity index (χ3v) is 4.33. The average Bonchev–Trinajstić information content (AvgIpc) is 2.37. The zero-order chi connectivity index (χ0) is 13.7. The predicted molar refractivity (Wildman–Crippen MR) is 81.5 cm³/mol. The van der Waals surface area contributed by atoms with Gasteiger partial charge in [0.25, 0.3) is 0 Å². The van der Waals surface area contributed by atoms with Crippen molar-refractivity contribution in [3.8, 4) is 0 Å². The van der Waals surface area contributed by atoms with E-state index in [-0.39, 0.29) is 0 Å². The van der Waals surface area contributed by atoms with Gasteiger partial charge in [-0.25, -0.2) is 0 Å². The molecule has 0 fully saturated rings. The molecule has 1 unspecified atom stereocenters. The molecule has 1 atom stereocenters. The maximum atomic E-state index is 9.70. The van der Waals surface area contributed by atoms with Gasteiger partial charge in [0.2, 0.25) is 0 Å². The van der Waals surface area contributed by atoms with Crippen LogP contribution in [0.25, 0.3) is 0 Å². The van der Waals surface area contributed by atoms with Crippen molar-refractivity contribution < 1.29 is 5.11 Å². The minimum Gasteiger partial charge on any atom is -0.390 e. The molecule has 0 saturated carbocycles. The Kier molecular flexibility index (Phi) is 5.04. The van der Waals surface area contributed by atoms with Gasteiger partial charge in [-0.3, -0.25) is 0 Å². The van der Waals surface area contributed by atoms with Gasteiger partial charge in [0, 0.05) is 0 Å². The third-order valence-electron chi connectivity index (χ3n) is 4.33. The summed E-state index contributed by atoms with van der Waals surface area (Å²) in [5.41, 5.74) is 2.70. The Labute approximate surface area is 118 Å². The van der Waals surface area contributed by atoms with Crippen LogP contribution in [0.2, 0.25) is 0 Å². The van der Waals surface area contributed by atoms with E-state index >= 15 is 0 Å². The number of hydrogen-bond acceptors (Lipinski definition) is 1. The molecule has 106 valence electrons. The number of fused-ring (bicyclic) bond motifs is 1. The van der Waals surface area contributed by atoms with Gasteiger partial charge < -0.3 is 5.11 Å². The maximum absolute atomic E-state index is 9.70. The highest BCUT2D eigenvalue weighted by Gasteiger charge is 2.19. The van der Waals surface area contributed by atoms with Gasteiger partial charge in [-0.1, -0.05) is 43.5 Å². The molecule has 2 rings (SSSR count). The van der Waals surface area contributed by atoms with Crippen LogP contribution >= 0.6 is 0 Å². The van der Waals surface area contributed by atoms with Crippen LogP contribution in [0.5, 0.6) is 0 Å². The SMILES string of the molecule is CC(C)(O)CCCCCC1CCCc2ccccc21. The molecule has 1 aromatic rings. The fourth-order valence-corrected chi connectivity index (χ4v) is 3.28.